The summed E-state index contributed by atoms with van der Waals surface area (Å²) in [5, 5.41) is 2.97. The standard InChI is InChI=1S/C18H18ClNO7S2/c1-10-14(17(22)26-2)16(28-15(10)18(23)27-3)20-13(21)8-9-29(24,25)12-6-4-11(19)5-7-12/h4-7H,8-9H2,1-3H3,(H,20,21). The van der Waals surface area contributed by atoms with Crippen molar-refractivity contribution in [3.05, 3.63) is 45.3 Å². The highest BCUT2D eigenvalue weighted by Crippen LogP contribution is 2.34. The molecule has 1 heterocycles. The predicted octanol–water partition coefficient (Wildman–Crippen LogP) is 3.09. The molecule has 0 aliphatic heterocycles. The number of carbonyl (C=O) groups excluding carboxylic acids is 3. The van der Waals surface area contributed by atoms with Gasteiger partial charge in [-0.3, -0.25) is 4.79 Å². The number of methoxy groups -OCH3 is 2. The van der Waals surface area contributed by atoms with Crippen LogP contribution in [0.2, 0.25) is 5.02 Å². The van der Waals surface area contributed by atoms with Gasteiger partial charge in [0.15, 0.2) is 9.84 Å². The minimum Gasteiger partial charge on any atom is -0.465 e. The molecule has 0 unspecified atom stereocenters. The van der Waals surface area contributed by atoms with Crippen LogP contribution >= 0.6 is 22.9 Å². The first-order valence-corrected chi connectivity index (χ1v) is 11.0. The third kappa shape index (κ3) is 5.34. The van der Waals surface area contributed by atoms with Gasteiger partial charge in [-0.25, -0.2) is 18.0 Å². The van der Waals surface area contributed by atoms with Gasteiger partial charge in [-0.1, -0.05) is 11.6 Å². The van der Waals surface area contributed by atoms with Gasteiger partial charge in [0.2, 0.25) is 5.91 Å². The van der Waals surface area contributed by atoms with Crippen molar-refractivity contribution in [1.29, 1.82) is 0 Å². The maximum atomic E-state index is 12.4. The predicted molar refractivity (Wildman–Crippen MR) is 108 cm³/mol. The fourth-order valence-corrected chi connectivity index (χ4v) is 4.91. The Labute approximate surface area is 176 Å². The first kappa shape index (κ1) is 22.9. The molecule has 0 radical (unpaired) electrons. The van der Waals surface area contributed by atoms with E-state index < -0.39 is 33.4 Å². The zero-order chi connectivity index (χ0) is 21.8. The maximum absolute atomic E-state index is 12.4. The molecule has 0 fully saturated rings. The molecule has 1 N–H and O–H groups in total. The number of benzene rings is 1. The first-order chi connectivity index (χ1) is 13.6. The summed E-state index contributed by atoms with van der Waals surface area (Å²) in [6.07, 6.45) is -0.351. The van der Waals surface area contributed by atoms with Crippen molar-refractivity contribution in [3.8, 4) is 0 Å². The summed E-state index contributed by atoms with van der Waals surface area (Å²) in [6, 6.07) is 5.60. The highest BCUT2D eigenvalue weighted by molar-refractivity contribution is 7.91. The van der Waals surface area contributed by atoms with Crippen LogP contribution in [0.5, 0.6) is 0 Å². The summed E-state index contributed by atoms with van der Waals surface area (Å²) in [7, 11) is -1.34. The summed E-state index contributed by atoms with van der Waals surface area (Å²) >= 11 is 6.60. The number of thiophene rings is 1. The number of carbonyl (C=O) groups is 3. The normalized spacial score (nSPS) is 11.0. The van der Waals surface area contributed by atoms with Gasteiger partial charge in [0.1, 0.15) is 9.88 Å². The fourth-order valence-electron chi connectivity index (χ4n) is 2.41. The lowest BCUT2D eigenvalue weighted by atomic mass is 10.1. The van der Waals surface area contributed by atoms with E-state index in [4.69, 9.17) is 16.3 Å². The molecule has 156 valence electrons. The van der Waals surface area contributed by atoms with Gasteiger partial charge >= 0.3 is 11.9 Å². The van der Waals surface area contributed by atoms with Crippen LogP contribution in [0.1, 0.15) is 32.0 Å². The number of hydrogen-bond acceptors (Lipinski definition) is 8. The second-order valence-electron chi connectivity index (χ2n) is 5.81. The molecule has 0 aliphatic rings. The second-order valence-corrected chi connectivity index (χ2v) is 9.38. The quantitative estimate of drug-likeness (QED) is 0.632. The van der Waals surface area contributed by atoms with Crippen LogP contribution < -0.4 is 5.32 Å². The molecule has 0 bridgehead atoms. The summed E-state index contributed by atoms with van der Waals surface area (Å²) in [5.74, 6) is -2.48. The summed E-state index contributed by atoms with van der Waals surface area (Å²) in [6.45, 7) is 1.52. The Morgan fingerprint density at radius 3 is 2.21 bits per heavy atom. The lowest BCUT2D eigenvalue weighted by Crippen LogP contribution is -2.18. The van der Waals surface area contributed by atoms with Gasteiger partial charge in [0, 0.05) is 11.4 Å². The SMILES string of the molecule is COC(=O)c1sc(NC(=O)CCS(=O)(=O)c2ccc(Cl)cc2)c(C(=O)OC)c1C. The van der Waals surface area contributed by atoms with E-state index in [9.17, 15) is 22.8 Å². The van der Waals surface area contributed by atoms with Crippen LogP contribution in [0.15, 0.2) is 29.2 Å². The molecule has 0 saturated heterocycles. The van der Waals surface area contributed by atoms with Crippen LogP contribution in [0.3, 0.4) is 0 Å². The maximum Gasteiger partial charge on any atom is 0.348 e. The van der Waals surface area contributed by atoms with Crippen LogP contribution in [0, 0.1) is 6.92 Å². The topological polar surface area (TPSA) is 116 Å². The first-order valence-electron chi connectivity index (χ1n) is 8.19. The molecule has 0 saturated carbocycles. The zero-order valence-electron chi connectivity index (χ0n) is 15.8. The van der Waals surface area contributed by atoms with Crippen molar-refractivity contribution in [2.24, 2.45) is 0 Å². The third-order valence-electron chi connectivity index (χ3n) is 3.93. The Hall–Kier alpha value is -2.43. The molecule has 0 aliphatic carbocycles. The Morgan fingerprint density at radius 2 is 1.66 bits per heavy atom. The van der Waals surface area contributed by atoms with E-state index >= 15 is 0 Å². The summed E-state index contributed by atoms with van der Waals surface area (Å²) < 4.78 is 34.1. The molecule has 11 heteroatoms. The largest absolute Gasteiger partial charge is 0.465 e. The van der Waals surface area contributed by atoms with Crippen molar-refractivity contribution in [3.63, 3.8) is 0 Å². The molecule has 1 aromatic carbocycles. The number of halogens is 1. The molecular formula is C18H18ClNO7S2. The van der Waals surface area contributed by atoms with Crippen molar-refractivity contribution in [2.45, 2.75) is 18.2 Å². The highest BCUT2D eigenvalue weighted by atomic mass is 35.5. The van der Waals surface area contributed by atoms with Gasteiger partial charge in [-0.2, -0.15) is 0 Å². The van der Waals surface area contributed by atoms with Crippen LogP contribution in [0.4, 0.5) is 5.00 Å². The third-order valence-corrected chi connectivity index (χ3v) is 7.10. The zero-order valence-corrected chi connectivity index (χ0v) is 18.2. The van der Waals surface area contributed by atoms with E-state index in [1.165, 1.54) is 45.4 Å². The monoisotopic (exact) mass is 459 g/mol. The minimum absolute atomic E-state index is 0.0202. The van der Waals surface area contributed by atoms with E-state index in [1.807, 2.05) is 0 Å². The van der Waals surface area contributed by atoms with E-state index in [1.54, 1.807) is 0 Å². The lowest BCUT2D eigenvalue weighted by molar-refractivity contribution is -0.115. The van der Waals surface area contributed by atoms with Crippen molar-refractivity contribution < 1.29 is 32.3 Å². The smallest absolute Gasteiger partial charge is 0.348 e. The Kier molecular flexibility index (Phi) is 7.39. The number of ether oxygens (including phenoxy) is 2. The van der Waals surface area contributed by atoms with Gasteiger partial charge in [0.05, 0.1) is 30.4 Å². The Morgan fingerprint density at radius 1 is 1.07 bits per heavy atom. The van der Waals surface area contributed by atoms with Gasteiger partial charge in [0.25, 0.3) is 0 Å². The molecule has 0 spiro atoms. The van der Waals surface area contributed by atoms with Gasteiger partial charge in [-0.05, 0) is 36.8 Å². The van der Waals surface area contributed by atoms with Crippen molar-refractivity contribution in [2.75, 3.05) is 25.3 Å². The Balaban J connectivity index is 2.19. The van der Waals surface area contributed by atoms with E-state index in [0.29, 0.717) is 10.6 Å². The van der Waals surface area contributed by atoms with Crippen LogP contribution in [-0.2, 0) is 24.1 Å². The molecule has 0 atom stereocenters. The summed E-state index contributed by atoms with van der Waals surface area (Å²) in [4.78, 5) is 36.4. The summed E-state index contributed by atoms with van der Waals surface area (Å²) in [5.41, 5.74) is 0.324. The van der Waals surface area contributed by atoms with E-state index in [2.05, 4.69) is 10.1 Å². The molecule has 1 aromatic heterocycles. The molecule has 8 nitrogen and oxygen atoms in total. The molecule has 2 rings (SSSR count). The number of esters is 2. The number of sulfone groups is 1. The second kappa shape index (κ2) is 9.38. The average Bonchev–Trinajstić information content (AvgIpc) is 3.01. The number of amides is 1. The average molecular weight is 460 g/mol. The highest BCUT2D eigenvalue weighted by Gasteiger charge is 2.27. The van der Waals surface area contributed by atoms with Crippen molar-refractivity contribution >= 4 is 55.6 Å². The molecule has 29 heavy (non-hydrogen) atoms. The van der Waals surface area contributed by atoms with E-state index in [-0.39, 0.29) is 26.8 Å². The van der Waals surface area contributed by atoms with Crippen LogP contribution in [-0.4, -0.2) is 46.2 Å². The van der Waals surface area contributed by atoms with Gasteiger partial charge < -0.3 is 14.8 Å². The number of hydrogen-bond donors (Lipinski definition) is 1. The Bertz CT molecular complexity index is 1040. The number of anilines is 1. The minimum atomic E-state index is -3.70. The van der Waals surface area contributed by atoms with E-state index in [0.717, 1.165) is 11.3 Å². The number of rotatable bonds is 7. The molecule has 1 amide bonds. The van der Waals surface area contributed by atoms with Gasteiger partial charge in [-0.15, -0.1) is 11.3 Å². The van der Waals surface area contributed by atoms with Crippen LogP contribution in [0.25, 0.3) is 0 Å². The lowest BCUT2D eigenvalue weighted by Gasteiger charge is -2.07. The molecule has 2 aromatic rings. The fraction of sp³-hybridized carbons (Fsp3) is 0.278. The number of nitrogens with one attached hydrogen (secondary N) is 1. The van der Waals surface area contributed by atoms with Crippen molar-refractivity contribution in [1.82, 2.24) is 0 Å². The molecular weight excluding hydrogens is 442 g/mol.